The van der Waals surface area contributed by atoms with E-state index in [4.69, 9.17) is 5.73 Å². The summed E-state index contributed by atoms with van der Waals surface area (Å²) in [5.74, 6) is 0.878. The van der Waals surface area contributed by atoms with Gasteiger partial charge < -0.3 is 11.1 Å². The Morgan fingerprint density at radius 1 is 1.11 bits per heavy atom. The maximum atomic E-state index is 6.02. The van der Waals surface area contributed by atoms with Crippen LogP contribution in [0, 0.1) is 5.92 Å². The minimum atomic E-state index is 0.586. The van der Waals surface area contributed by atoms with Gasteiger partial charge in [-0.1, -0.05) is 6.92 Å². The lowest BCUT2D eigenvalue weighted by molar-refractivity contribution is 0.361. The van der Waals surface area contributed by atoms with Crippen LogP contribution in [0.25, 0.3) is 10.8 Å². The van der Waals surface area contributed by atoms with Crippen LogP contribution in [-0.2, 0) is 0 Å². The van der Waals surface area contributed by atoms with Gasteiger partial charge in [0, 0.05) is 40.6 Å². The second-order valence-electron chi connectivity index (χ2n) is 5.72. The number of hydrogen-bond acceptors (Lipinski definition) is 3. The topological polar surface area (TPSA) is 50.9 Å². The molecule has 0 amide bonds. The molecule has 0 bridgehead atoms. The first-order valence-corrected chi connectivity index (χ1v) is 7.13. The molecule has 1 aliphatic carbocycles. The lowest BCUT2D eigenvalue weighted by Gasteiger charge is -2.28. The van der Waals surface area contributed by atoms with Gasteiger partial charge in [0.15, 0.2) is 0 Å². The van der Waals surface area contributed by atoms with Crippen LogP contribution in [0.1, 0.15) is 32.6 Å². The molecule has 1 fully saturated rings. The molecule has 3 heteroatoms. The maximum Gasteiger partial charge on any atom is 0.0439 e. The first-order chi connectivity index (χ1) is 9.24. The summed E-state index contributed by atoms with van der Waals surface area (Å²) in [6.45, 7) is 2.35. The normalized spacial score (nSPS) is 23.4. The van der Waals surface area contributed by atoms with Gasteiger partial charge in [0.05, 0.1) is 0 Å². The Kier molecular flexibility index (Phi) is 3.28. The van der Waals surface area contributed by atoms with Crippen LogP contribution in [0.2, 0.25) is 0 Å². The Bertz CT molecular complexity index is 571. The predicted molar refractivity (Wildman–Crippen MR) is 81.2 cm³/mol. The molecule has 0 spiro atoms. The van der Waals surface area contributed by atoms with Crippen LogP contribution < -0.4 is 11.1 Å². The molecule has 1 saturated carbocycles. The van der Waals surface area contributed by atoms with Crippen molar-refractivity contribution >= 4 is 22.1 Å². The highest BCUT2D eigenvalue weighted by Gasteiger charge is 2.18. The molecule has 0 atom stereocenters. The quantitative estimate of drug-likeness (QED) is 0.802. The lowest BCUT2D eigenvalue weighted by Crippen LogP contribution is -2.25. The number of fused-ring (bicyclic) bond motifs is 1. The fourth-order valence-corrected chi connectivity index (χ4v) is 2.96. The molecule has 0 unspecified atom stereocenters. The van der Waals surface area contributed by atoms with Gasteiger partial charge >= 0.3 is 0 Å². The first-order valence-electron chi connectivity index (χ1n) is 7.13. The smallest absolute Gasteiger partial charge is 0.0439 e. The van der Waals surface area contributed by atoms with E-state index >= 15 is 0 Å². The molecular formula is C16H21N3. The van der Waals surface area contributed by atoms with Gasteiger partial charge in [-0.2, -0.15) is 0 Å². The molecule has 1 aliphatic rings. The van der Waals surface area contributed by atoms with Gasteiger partial charge in [0.1, 0.15) is 0 Å². The van der Waals surface area contributed by atoms with E-state index in [2.05, 4.69) is 23.3 Å². The number of nitrogens with two attached hydrogens (primary N) is 1. The second-order valence-corrected chi connectivity index (χ2v) is 5.72. The summed E-state index contributed by atoms with van der Waals surface area (Å²) in [4.78, 5) is 4.22. The van der Waals surface area contributed by atoms with E-state index in [1.165, 1.54) is 25.7 Å². The van der Waals surface area contributed by atoms with Crippen LogP contribution in [0.5, 0.6) is 0 Å². The molecule has 3 rings (SSSR count). The molecular weight excluding hydrogens is 234 g/mol. The molecule has 0 radical (unpaired) electrons. The fraction of sp³-hybridized carbons (Fsp3) is 0.438. The Morgan fingerprint density at radius 2 is 1.89 bits per heavy atom. The second kappa shape index (κ2) is 5.08. The van der Waals surface area contributed by atoms with Gasteiger partial charge in [0.2, 0.25) is 0 Å². The van der Waals surface area contributed by atoms with Crippen molar-refractivity contribution in [3.63, 3.8) is 0 Å². The average Bonchev–Trinajstić information content (AvgIpc) is 2.45. The van der Waals surface area contributed by atoms with Crippen molar-refractivity contribution in [2.45, 2.75) is 38.6 Å². The average molecular weight is 255 g/mol. The zero-order valence-electron chi connectivity index (χ0n) is 11.4. The van der Waals surface area contributed by atoms with Crippen molar-refractivity contribution in [3.05, 3.63) is 30.6 Å². The van der Waals surface area contributed by atoms with Crippen molar-refractivity contribution in [2.75, 3.05) is 11.1 Å². The van der Waals surface area contributed by atoms with Crippen LogP contribution >= 0.6 is 0 Å². The maximum absolute atomic E-state index is 6.02. The number of nitrogens with zero attached hydrogens (tertiary/aromatic N) is 1. The molecule has 19 heavy (non-hydrogen) atoms. The Balaban J connectivity index is 1.87. The summed E-state index contributed by atoms with van der Waals surface area (Å²) in [5.41, 5.74) is 8.00. The Labute approximate surface area is 114 Å². The molecule has 3 N–H and O–H groups in total. The molecule has 1 aromatic carbocycles. The highest BCUT2D eigenvalue weighted by molar-refractivity contribution is 6.00. The minimum Gasteiger partial charge on any atom is -0.398 e. The Morgan fingerprint density at radius 3 is 2.68 bits per heavy atom. The van der Waals surface area contributed by atoms with Crippen molar-refractivity contribution in [3.8, 4) is 0 Å². The SMILES string of the molecule is CC1CCC(Nc2ccc(N)c3ccncc23)CC1. The largest absolute Gasteiger partial charge is 0.398 e. The van der Waals surface area contributed by atoms with Crippen LogP contribution in [0.15, 0.2) is 30.6 Å². The van der Waals surface area contributed by atoms with E-state index in [0.717, 1.165) is 28.1 Å². The fourth-order valence-electron chi connectivity index (χ4n) is 2.96. The van der Waals surface area contributed by atoms with E-state index in [0.29, 0.717) is 6.04 Å². The van der Waals surface area contributed by atoms with Crippen molar-refractivity contribution in [2.24, 2.45) is 5.92 Å². The van der Waals surface area contributed by atoms with Gasteiger partial charge in [0.25, 0.3) is 0 Å². The van der Waals surface area contributed by atoms with E-state index < -0.39 is 0 Å². The zero-order chi connectivity index (χ0) is 13.2. The van der Waals surface area contributed by atoms with E-state index in [1.54, 1.807) is 6.20 Å². The highest BCUT2D eigenvalue weighted by Crippen LogP contribution is 2.31. The van der Waals surface area contributed by atoms with Gasteiger partial charge in [-0.25, -0.2) is 0 Å². The van der Waals surface area contributed by atoms with E-state index in [1.807, 2.05) is 18.3 Å². The van der Waals surface area contributed by atoms with Gasteiger partial charge in [-0.15, -0.1) is 0 Å². The molecule has 100 valence electrons. The molecule has 1 aromatic heterocycles. The van der Waals surface area contributed by atoms with Crippen LogP contribution in [-0.4, -0.2) is 11.0 Å². The summed E-state index contributed by atoms with van der Waals surface area (Å²) in [6, 6.07) is 6.63. The lowest BCUT2D eigenvalue weighted by atomic mass is 9.87. The van der Waals surface area contributed by atoms with Gasteiger partial charge in [-0.3, -0.25) is 4.98 Å². The van der Waals surface area contributed by atoms with Crippen molar-refractivity contribution in [1.29, 1.82) is 0 Å². The standard InChI is InChI=1S/C16H21N3/c1-11-2-4-12(5-3-11)19-16-7-6-15(17)13-8-9-18-10-14(13)16/h6-12,19H,2-5,17H2,1H3. The minimum absolute atomic E-state index is 0.586. The number of rotatable bonds is 2. The van der Waals surface area contributed by atoms with Gasteiger partial charge in [-0.05, 0) is 49.8 Å². The molecule has 0 aliphatic heterocycles. The number of benzene rings is 1. The third-order valence-electron chi connectivity index (χ3n) is 4.23. The van der Waals surface area contributed by atoms with E-state index in [9.17, 15) is 0 Å². The highest BCUT2D eigenvalue weighted by atomic mass is 14.9. The summed E-state index contributed by atoms with van der Waals surface area (Å²) in [6.07, 6.45) is 8.86. The molecule has 3 nitrogen and oxygen atoms in total. The monoisotopic (exact) mass is 255 g/mol. The van der Waals surface area contributed by atoms with Crippen LogP contribution in [0.4, 0.5) is 11.4 Å². The summed E-state index contributed by atoms with van der Waals surface area (Å²) in [7, 11) is 0. The third kappa shape index (κ3) is 2.50. The first kappa shape index (κ1) is 12.3. The molecule has 1 heterocycles. The van der Waals surface area contributed by atoms with Crippen molar-refractivity contribution in [1.82, 2.24) is 4.98 Å². The molecule has 0 saturated heterocycles. The Hall–Kier alpha value is -1.77. The zero-order valence-corrected chi connectivity index (χ0v) is 11.4. The molecule has 2 aromatic rings. The van der Waals surface area contributed by atoms with Crippen molar-refractivity contribution < 1.29 is 0 Å². The van der Waals surface area contributed by atoms with Crippen LogP contribution in [0.3, 0.4) is 0 Å². The number of anilines is 2. The number of pyridine rings is 1. The summed E-state index contributed by atoms with van der Waals surface area (Å²) < 4.78 is 0. The third-order valence-corrected chi connectivity index (χ3v) is 4.23. The number of aromatic nitrogens is 1. The van der Waals surface area contributed by atoms with E-state index in [-0.39, 0.29) is 0 Å². The summed E-state index contributed by atoms with van der Waals surface area (Å²) in [5, 5.41) is 5.89. The number of nitrogens with one attached hydrogen (secondary N) is 1. The predicted octanol–water partition coefficient (Wildman–Crippen LogP) is 3.81. The number of nitrogen functional groups attached to an aromatic ring is 1. The number of hydrogen-bond donors (Lipinski definition) is 2. The summed E-state index contributed by atoms with van der Waals surface area (Å²) >= 11 is 0.